The van der Waals surface area contributed by atoms with Gasteiger partial charge in [0.05, 0.1) is 17.5 Å². The topological polar surface area (TPSA) is 85.5 Å². The number of rotatable bonds is 7. The molecule has 1 atom stereocenters. The molecule has 3 aromatic rings. The first-order chi connectivity index (χ1) is 14.1. The Morgan fingerprint density at radius 1 is 1.00 bits per heavy atom. The van der Waals surface area contributed by atoms with E-state index in [-0.39, 0.29) is 11.5 Å². The lowest BCUT2D eigenvalue weighted by Gasteiger charge is -2.32. The van der Waals surface area contributed by atoms with Crippen molar-refractivity contribution in [2.45, 2.75) is 43.4 Å². The molecule has 2 aromatic carbocycles. The second kappa shape index (κ2) is 8.86. The predicted molar refractivity (Wildman–Crippen MR) is 106 cm³/mol. The molecule has 0 N–H and O–H groups in total. The summed E-state index contributed by atoms with van der Waals surface area (Å²) in [6.07, 6.45) is 2.39. The molecule has 1 saturated heterocycles. The van der Waals surface area contributed by atoms with Gasteiger partial charge in [0.2, 0.25) is 10.0 Å². The Morgan fingerprint density at radius 3 is 2.48 bits per heavy atom. The fraction of sp³-hybridized carbons (Fsp3) is 0.333. The van der Waals surface area contributed by atoms with E-state index in [4.69, 9.17) is 9.26 Å². The Hall–Kier alpha value is -2.55. The van der Waals surface area contributed by atoms with Gasteiger partial charge in [0.25, 0.3) is 5.89 Å². The number of aromatic nitrogens is 2. The van der Waals surface area contributed by atoms with E-state index in [1.165, 1.54) is 4.31 Å². The second-order valence-corrected chi connectivity index (χ2v) is 8.86. The molecule has 0 radical (unpaired) electrons. The number of nitrogens with zero attached hydrogens (tertiary/aromatic N) is 3. The lowest BCUT2D eigenvalue weighted by Crippen LogP contribution is -2.38. The van der Waals surface area contributed by atoms with Gasteiger partial charge in [-0.15, -0.1) is 0 Å². The van der Waals surface area contributed by atoms with E-state index in [1.54, 1.807) is 30.3 Å². The van der Waals surface area contributed by atoms with E-state index in [0.717, 1.165) is 18.4 Å². The van der Waals surface area contributed by atoms with E-state index >= 15 is 0 Å². The third-order valence-electron chi connectivity index (χ3n) is 4.92. The van der Waals surface area contributed by atoms with Gasteiger partial charge < -0.3 is 9.26 Å². The van der Waals surface area contributed by atoms with Gasteiger partial charge in [-0.2, -0.15) is 9.29 Å². The fourth-order valence-electron chi connectivity index (χ4n) is 3.47. The van der Waals surface area contributed by atoms with Crippen LogP contribution < -0.4 is 0 Å². The first-order valence-electron chi connectivity index (χ1n) is 9.65. The van der Waals surface area contributed by atoms with Crippen molar-refractivity contribution in [1.29, 1.82) is 0 Å². The molecule has 1 aliphatic heterocycles. The highest BCUT2D eigenvalue weighted by molar-refractivity contribution is 7.89. The molecule has 29 heavy (non-hydrogen) atoms. The fourth-order valence-corrected chi connectivity index (χ4v) is 5.15. The van der Waals surface area contributed by atoms with Gasteiger partial charge in [-0.1, -0.05) is 60.1 Å². The van der Waals surface area contributed by atoms with Crippen LogP contribution in [0.15, 0.2) is 70.1 Å². The SMILES string of the molecule is O=S(=O)(c1ccccc1)N1CCCCC1c1noc(COCc2ccccc2)n1. The van der Waals surface area contributed by atoms with Crippen molar-refractivity contribution < 1.29 is 17.7 Å². The van der Waals surface area contributed by atoms with Crippen LogP contribution in [0.25, 0.3) is 0 Å². The Labute approximate surface area is 170 Å². The van der Waals surface area contributed by atoms with Gasteiger partial charge in [-0.25, -0.2) is 8.42 Å². The maximum absolute atomic E-state index is 13.1. The average Bonchev–Trinajstić information content (AvgIpc) is 3.24. The van der Waals surface area contributed by atoms with Crippen molar-refractivity contribution in [3.8, 4) is 0 Å². The first kappa shape index (κ1) is 19.8. The molecule has 2 heterocycles. The number of ether oxygens (including phenoxy) is 1. The summed E-state index contributed by atoms with van der Waals surface area (Å²) in [6.45, 7) is 1.06. The Kier molecular flexibility index (Phi) is 6.03. The molecule has 1 aromatic heterocycles. The van der Waals surface area contributed by atoms with Crippen LogP contribution in [0.2, 0.25) is 0 Å². The molecule has 0 bridgehead atoms. The van der Waals surface area contributed by atoms with Crippen LogP contribution in [0.5, 0.6) is 0 Å². The molecule has 1 unspecified atom stereocenters. The number of piperidine rings is 1. The van der Waals surface area contributed by atoms with E-state index < -0.39 is 16.1 Å². The molecule has 4 rings (SSSR count). The molecule has 152 valence electrons. The summed E-state index contributed by atoms with van der Waals surface area (Å²) >= 11 is 0. The molecular formula is C21H23N3O4S. The molecule has 8 heteroatoms. The summed E-state index contributed by atoms with van der Waals surface area (Å²) in [5.41, 5.74) is 1.06. The minimum Gasteiger partial charge on any atom is -0.367 e. The molecule has 0 amide bonds. The minimum atomic E-state index is -3.62. The lowest BCUT2D eigenvalue weighted by atomic mass is 10.0. The van der Waals surface area contributed by atoms with Crippen molar-refractivity contribution >= 4 is 10.0 Å². The molecule has 1 aliphatic rings. The van der Waals surface area contributed by atoms with Gasteiger partial charge in [0, 0.05) is 6.54 Å². The van der Waals surface area contributed by atoms with Crippen LogP contribution in [-0.2, 0) is 28.0 Å². The van der Waals surface area contributed by atoms with Gasteiger partial charge in [-0.3, -0.25) is 0 Å². The van der Waals surface area contributed by atoms with Gasteiger partial charge in [-0.05, 0) is 30.5 Å². The zero-order chi connectivity index (χ0) is 20.1. The van der Waals surface area contributed by atoms with E-state index in [0.29, 0.717) is 31.3 Å². The standard InChI is InChI=1S/C21H23N3O4S/c25-29(26,18-11-5-2-6-12-18)24-14-8-7-13-19(24)21-22-20(28-23-21)16-27-15-17-9-3-1-4-10-17/h1-6,9-12,19H,7-8,13-16H2. The predicted octanol–water partition coefficient (Wildman–Crippen LogP) is 3.70. The summed E-state index contributed by atoms with van der Waals surface area (Å²) in [5, 5.41) is 4.05. The molecule has 0 aliphatic carbocycles. The van der Waals surface area contributed by atoms with Crippen molar-refractivity contribution in [2.24, 2.45) is 0 Å². The van der Waals surface area contributed by atoms with Crippen molar-refractivity contribution in [2.75, 3.05) is 6.54 Å². The number of benzene rings is 2. The molecule has 7 nitrogen and oxygen atoms in total. The third kappa shape index (κ3) is 4.55. The Bertz CT molecular complexity index is 1020. The van der Waals surface area contributed by atoms with Crippen LogP contribution in [0, 0.1) is 0 Å². The second-order valence-electron chi connectivity index (χ2n) is 6.97. The van der Waals surface area contributed by atoms with Crippen LogP contribution in [-0.4, -0.2) is 29.4 Å². The molecule has 0 saturated carbocycles. The summed E-state index contributed by atoms with van der Waals surface area (Å²) < 4.78 is 38.7. The minimum absolute atomic E-state index is 0.181. The lowest BCUT2D eigenvalue weighted by molar-refractivity contribution is 0.0850. The van der Waals surface area contributed by atoms with Crippen molar-refractivity contribution in [3.63, 3.8) is 0 Å². The Morgan fingerprint density at radius 2 is 1.72 bits per heavy atom. The smallest absolute Gasteiger partial charge is 0.252 e. The van der Waals surface area contributed by atoms with E-state index in [2.05, 4.69) is 10.1 Å². The van der Waals surface area contributed by atoms with Crippen molar-refractivity contribution in [1.82, 2.24) is 14.4 Å². The number of hydrogen-bond donors (Lipinski definition) is 0. The van der Waals surface area contributed by atoms with Gasteiger partial charge >= 0.3 is 0 Å². The van der Waals surface area contributed by atoms with E-state index in [9.17, 15) is 8.42 Å². The molecule has 1 fully saturated rings. The zero-order valence-corrected chi connectivity index (χ0v) is 16.8. The quantitative estimate of drug-likeness (QED) is 0.587. The van der Waals surface area contributed by atoms with Crippen LogP contribution in [0.3, 0.4) is 0 Å². The summed E-state index contributed by atoms with van der Waals surface area (Å²) in [4.78, 5) is 4.69. The highest BCUT2D eigenvalue weighted by Crippen LogP contribution is 2.34. The third-order valence-corrected chi connectivity index (χ3v) is 6.84. The highest BCUT2D eigenvalue weighted by atomic mass is 32.2. The van der Waals surface area contributed by atoms with Crippen molar-refractivity contribution in [3.05, 3.63) is 77.9 Å². The van der Waals surface area contributed by atoms with Crippen LogP contribution in [0.1, 0.15) is 42.6 Å². The van der Waals surface area contributed by atoms with Gasteiger partial charge in [0.1, 0.15) is 6.61 Å². The zero-order valence-electron chi connectivity index (χ0n) is 16.0. The number of sulfonamides is 1. The van der Waals surface area contributed by atoms with Gasteiger partial charge in [0.15, 0.2) is 5.82 Å². The maximum atomic E-state index is 13.1. The molecule has 0 spiro atoms. The number of hydrogen-bond acceptors (Lipinski definition) is 6. The summed E-state index contributed by atoms with van der Waals surface area (Å²) in [5.74, 6) is 0.737. The summed E-state index contributed by atoms with van der Waals surface area (Å²) in [6, 6.07) is 17.9. The van der Waals surface area contributed by atoms with E-state index in [1.807, 2.05) is 30.3 Å². The summed E-state index contributed by atoms with van der Waals surface area (Å²) in [7, 11) is -3.62. The maximum Gasteiger partial charge on any atom is 0.252 e. The Balaban J connectivity index is 1.46. The average molecular weight is 413 g/mol. The van der Waals surface area contributed by atoms with Crippen LogP contribution >= 0.6 is 0 Å². The van der Waals surface area contributed by atoms with Crippen LogP contribution in [0.4, 0.5) is 0 Å². The monoisotopic (exact) mass is 413 g/mol. The normalized spacial score (nSPS) is 18.0. The first-order valence-corrected chi connectivity index (χ1v) is 11.1. The molecular weight excluding hydrogens is 390 g/mol. The largest absolute Gasteiger partial charge is 0.367 e. The highest BCUT2D eigenvalue weighted by Gasteiger charge is 2.36.